The lowest BCUT2D eigenvalue weighted by atomic mass is 9.74. The third-order valence-corrected chi connectivity index (χ3v) is 6.77. The quantitative estimate of drug-likeness (QED) is 0.330. The molecule has 1 fully saturated rings. The van der Waals surface area contributed by atoms with Gasteiger partial charge in [-0.2, -0.15) is 0 Å². The molecule has 0 unspecified atom stereocenters. The van der Waals surface area contributed by atoms with Gasteiger partial charge in [-0.15, -0.1) is 0 Å². The van der Waals surface area contributed by atoms with Crippen molar-refractivity contribution < 1.29 is 0 Å². The van der Waals surface area contributed by atoms with Crippen molar-refractivity contribution in [3.05, 3.63) is 0 Å². The Balaban J connectivity index is 2.35. The molecule has 0 aromatic heterocycles. The van der Waals surface area contributed by atoms with E-state index in [9.17, 15) is 0 Å². The SMILES string of the molecule is CCCCCCCC(CBr)(CBr)C1CCCC1. The van der Waals surface area contributed by atoms with Crippen molar-refractivity contribution in [2.75, 3.05) is 10.7 Å². The highest BCUT2D eigenvalue weighted by atomic mass is 79.9. The van der Waals surface area contributed by atoms with Crippen LogP contribution in [0.5, 0.6) is 0 Å². The Kier molecular flexibility index (Phi) is 8.44. The summed E-state index contributed by atoms with van der Waals surface area (Å²) in [5.74, 6) is 0.965. The first-order valence-corrected chi connectivity index (χ1v) is 9.65. The number of hydrogen-bond acceptors (Lipinski definition) is 0. The minimum Gasteiger partial charge on any atom is -0.0922 e. The van der Waals surface area contributed by atoms with Gasteiger partial charge in [0.25, 0.3) is 0 Å². The first-order valence-electron chi connectivity index (χ1n) is 7.41. The first-order chi connectivity index (χ1) is 8.29. The second-order valence-corrected chi connectivity index (χ2v) is 6.90. The molecule has 0 spiro atoms. The van der Waals surface area contributed by atoms with Crippen molar-refractivity contribution in [3.8, 4) is 0 Å². The van der Waals surface area contributed by atoms with Crippen LogP contribution in [-0.2, 0) is 0 Å². The average Bonchev–Trinajstić information content (AvgIpc) is 2.89. The first kappa shape index (κ1) is 16.0. The molecule has 0 saturated heterocycles. The summed E-state index contributed by atoms with van der Waals surface area (Å²) in [7, 11) is 0. The molecule has 102 valence electrons. The van der Waals surface area contributed by atoms with E-state index >= 15 is 0 Å². The van der Waals surface area contributed by atoms with Crippen molar-refractivity contribution in [1.29, 1.82) is 0 Å². The van der Waals surface area contributed by atoms with Crippen LogP contribution < -0.4 is 0 Å². The van der Waals surface area contributed by atoms with E-state index in [2.05, 4.69) is 38.8 Å². The molecule has 0 radical (unpaired) electrons. The Hall–Kier alpha value is 0.960. The number of hydrogen-bond donors (Lipinski definition) is 0. The third-order valence-electron chi connectivity index (χ3n) is 4.53. The zero-order valence-electron chi connectivity index (χ0n) is 11.3. The molecule has 1 aliphatic rings. The lowest BCUT2D eigenvalue weighted by Gasteiger charge is -2.36. The number of rotatable bonds is 9. The summed E-state index contributed by atoms with van der Waals surface area (Å²) in [5.41, 5.74) is 0.544. The van der Waals surface area contributed by atoms with Gasteiger partial charge in [0.1, 0.15) is 0 Å². The number of alkyl halides is 2. The van der Waals surface area contributed by atoms with Crippen LogP contribution in [0.1, 0.15) is 71.1 Å². The van der Waals surface area contributed by atoms with Gasteiger partial charge in [-0.3, -0.25) is 0 Å². The van der Waals surface area contributed by atoms with E-state index in [1.807, 2.05) is 0 Å². The van der Waals surface area contributed by atoms with Gasteiger partial charge in [0.2, 0.25) is 0 Å². The molecule has 1 aliphatic carbocycles. The van der Waals surface area contributed by atoms with Crippen molar-refractivity contribution in [2.24, 2.45) is 11.3 Å². The van der Waals surface area contributed by atoms with Crippen LogP contribution >= 0.6 is 31.9 Å². The van der Waals surface area contributed by atoms with Gasteiger partial charge in [0, 0.05) is 10.7 Å². The summed E-state index contributed by atoms with van der Waals surface area (Å²) in [5, 5.41) is 2.37. The maximum absolute atomic E-state index is 3.80. The largest absolute Gasteiger partial charge is 0.0922 e. The maximum atomic E-state index is 3.80. The molecule has 0 N–H and O–H groups in total. The van der Waals surface area contributed by atoms with E-state index in [1.165, 1.54) is 74.9 Å². The molecule has 0 bridgehead atoms. The van der Waals surface area contributed by atoms with Crippen LogP contribution in [0.4, 0.5) is 0 Å². The summed E-state index contributed by atoms with van der Waals surface area (Å²) in [4.78, 5) is 0. The van der Waals surface area contributed by atoms with Crippen LogP contribution in [-0.4, -0.2) is 10.7 Å². The fourth-order valence-corrected chi connectivity index (χ4v) is 5.62. The predicted octanol–water partition coefficient (Wildman–Crippen LogP) is 6.31. The van der Waals surface area contributed by atoms with Crippen molar-refractivity contribution in [3.63, 3.8) is 0 Å². The van der Waals surface area contributed by atoms with Gasteiger partial charge in [0.15, 0.2) is 0 Å². The van der Waals surface area contributed by atoms with E-state index in [4.69, 9.17) is 0 Å². The Labute approximate surface area is 125 Å². The molecule has 0 atom stereocenters. The fraction of sp³-hybridized carbons (Fsp3) is 1.00. The lowest BCUT2D eigenvalue weighted by molar-refractivity contribution is 0.209. The Morgan fingerprint density at radius 1 is 0.941 bits per heavy atom. The summed E-state index contributed by atoms with van der Waals surface area (Å²) in [6.45, 7) is 2.29. The summed E-state index contributed by atoms with van der Waals surface area (Å²) in [6, 6.07) is 0. The van der Waals surface area contributed by atoms with Crippen LogP contribution in [0.3, 0.4) is 0 Å². The minimum atomic E-state index is 0.544. The van der Waals surface area contributed by atoms with Crippen molar-refractivity contribution in [2.45, 2.75) is 71.1 Å². The van der Waals surface area contributed by atoms with Crippen LogP contribution in [0.2, 0.25) is 0 Å². The minimum absolute atomic E-state index is 0.544. The molecule has 0 nitrogen and oxygen atoms in total. The standard InChI is InChI=1S/C15H28Br2/c1-2-3-4-5-8-11-15(12-16,13-17)14-9-6-7-10-14/h14H,2-13H2,1H3. The highest BCUT2D eigenvalue weighted by Crippen LogP contribution is 2.45. The fourth-order valence-electron chi connectivity index (χ4n) is 3.21. The average molecular weight is 368 g/mol. The maximum Gasteiger partial charge on any atom is 0.00986 e. The predicted molar refractivity (Wildman–Crippen MR) is 85.4 cm³/mol. The molecule has 0 aromatic rings. The van der Waals surface area contributed by atoms with Gasteiger partial charge in [-0.25, -0.2) is 0 Å². The van der Waals surface area contributed by atoms with Gasteiger partial charge in [0.05, 0.1) is 0 Å². The van der Waals surface area contributed by atoms with Crippen LogP contribution in [0.25, 0.3) is 0 Å². The Morgan fingerprint density at radius 2 is 1.53 bits per heavy atom. The van der Waals surface area contributed by atoms with E-state index in [1.54, 1.807) is 0 Å². The van der Waals surface area contributed by atoms with E-state index in [0.717, 1.165) is 5.92 Å². The zero-order chi connectivity index (χ0) is 12.6. The molecule has 0 aliphatic heterocycles. The molecule has 0 amide bonds. The third kappa shape index (κ3) is 4.86. The lowest BCUT2D eigenvalue weighted by Crippen LogP contribution is -2.32. The van der Waals surface area contributed by atoms with Gasteiger partial charge < -0.3 is 0 Å². The van der Waals surface area contributed by atoms with Gasteiger partial charge >= 0.3 is 0 Å². The summed E-state index contributed by atoms with van der Waals surface area (Å²) >= 11 is 7.59. The van der Waals surface area contributed by atoms with E-state index in [0.29, 0.717) is 5.41 Å². The summed E-state index contributed by atoms with van der Waals surface area (Å²) < 4.78 is 0. The van der Waals surface area contributed by atoms with E-state index in [-0.39, 0.29) is 0 Å². The number of halogens is 2. The smallest absolute Gasteiger partial charge is 0.00986 e. The van der Waals surface area contributed by atoms with Crippen LogP contribution in [0.15, 0.2) is 0 Å². The molecular weight excluding hydrogens is 340 g/mol. The highest BCUT2D eigenvalue weighted by molar-refractivity contribution is 9.09. The van der Waals surface area contributed by atoms with Crippen molar-refractivity contribution >= 4 is 31.9 Å². The Bertz CT molecular complexity index is 181. The molecular formula is C15H28Br2. The van der Waals surface area contributed by atoms with E-state index < -0.39 is 0 Å². The monoisotopic (exact) mass is 366 g/mol. The Morgan fingerprint density at radius 3 is 2.06 bits per heavy atom. The van der Waals surface area contributed by atoms with Crippen LogP contribution in [0, 0.1) is 11.3 Å². The molecule has 2 heteroatoms. The van der Waals surface area contributed by atoms with Crippen molar-refractivity contribution in [1.82, 2.24) is 0 Å². The highest BCUT2D eigenvalue weighted by Gasteiger charge is 2.37. The molecule has 1 saturated carbocycles. The topological polar surface area (TPSA) is 0 Å². The number of unbranched alkanes of at least 4 members (excludes halogenated alkanes) is 4. The van der Waals surface area contributed by atoms with Gasteiger partial charge in [-0.05, 0) is 30.6 Å². The second-order valence-electron chi connectivity index (χ2n) is 5.78. The second kappa shape index (κ2) is 8.96. The zero-order valence-corrected chi connectivity index (χ0v) is 14.5. The summed E-state index contributed by atoms with van der Waals surface area (Å²) in [6.07, 6.45) is 14.3. The molecule has 1 rings (SSSR count). The molecule has 0 heterocycles. The molecule has 17 heavy (non-hydrogen) atoms. The molecule has 0 aromatic carbocycles. The van der Waals surface area contributed by atoms with Gasteiger partial charge in [-0.1, -0.05) is 83.7 Å². The normalized spacial score (nSPS) is 17.8.